The van der Waals surface area contributed by atoms with E-state index in [1.165, 1.54) is 0 Å². The molecule has 6 saturated carbocycles. The van der Waals surface area contributed by atoms with Crippen LogP contribution in [-0.4, -0.2) is 143 Å². The van der Waals surface area contributed by atoms with Gasteiger partial charge in [0.25, 0.3) is 0 Å². The minimum atomic E-state index is -1.43. The van der Waals surface area contributed by atoms with Crippen molar-refractivity contribution < 1.29 is 69.4 Å². The summed E-state index contributed by atoms with van der Waals surface area (Å²) in [5, 5.41) is 88.5. The summed E-state index contributed by atoms with van der Waals surface area (Å²) in [6, 6.07) is 0. The molecule has 7 fully saturated rings. The van der Waals surface area contributed by atoms with Gasteiger partial charge in [-0.1, -0.05) is 27.7 Å². The first-order valence-corrected chi connectivity index (χ1v) is 28.0. The minimum absolute atomic E-state index is 0.0190. The molecule has 73 heavy (non-hydrogen) atoms. The number of ketones is 2. The van der Waals surface area contributed by atoms with Crippen LogP contribution in [0.15, 0.2) is 23.3 Å². The summed E-state index contributed by atoms with van der Waals surface area (Å²) in [5.74, 6) is -1.36. The van der Waals surface area contributed by atoms with E-state index in [-0.39, 0.29) is 71.1 Å². The Kier molecular flexibility index (Phi) is 14.8. The van der Waals surface area contributed by atoms with Gasteiger partial charge in [-0.05, 0) is 216 Å². The van der Waals surface area contributed by atoms with Crippen molar-refractivity contribution in [3.8, 4) is 0 Å². The largest absolute Gasteiger partial charge is 0.390 e. The minimum Gasteiger partial charge on any atom is -0.390 e. The Morgan fingerprint density at radius 2 is 1.14 bits per heavy atom. The number of allylic oxidation sites excluding steroid dienone is 2. The molecule has 1 heterocycles. The topological polar surface area (TPSA) is 233 Å². The number of hydrogen-bond acceptors (Lipinski definition) is 14. The molecule has 9 aliphatic rings. The van der Waals surface area contributed by atoms with Crippen LogP contribution in [0.2, 0.25) is 0 Å². The van der Waals surface area contributed by atoms with Crippen molar-refractivity contribution in [2.75, 3.05) is 14.2 Å². The SMILES string of the molecule is CC(C)(O)CC[C@@H](O)[C@](C)(O)C1CC[C@@]2(O)C3=CC(=O)C4C[C@H]5OC(C)(C)O[C@H]5CC4(C)C3CCC12C.CO[C@H](CCC(C)(C)O)[C@](C)(O)C1CC[C@@]2(OC)C3=CC(=O)C4C[C@@H](O)[C@@H](O)CC4(C)C3CCC12C. The summed E-state index contributed by atoms with van der Waals surface area (Å²) < 4.78 is 24.6. The van der Waals surface area contributed by atoms with E-state index in [9.17, 15) is 50.4 Å². The molecule has 1 saturated heterocycles. The summed E-state index contributed by atoms with van der Waals surface area (Å²) in [6.45, 7) is 22.9. The van der Waals surface area contributed by atoms with Crippen molar-refractivity contribution in [3.63, 3.8) is 0 Å². The lowest BCUT2D eigenvalue weighted by molar-refractivity contribution is -0.188. The summed E-state index contributed by atoms with van der Waals surface area (Å²) >= 11 is 0. The van der Waals surface area contributed by atoms with Crippen molar-refractivity contribution in [1.29, 1.82) is 0 Å². The second-order valence-corrected chi connectivity index (χ2v) is 28.3. The van der Waals surface area contributed by atoms with E-state index in [0.29, 0.717) is 64.2 Å². The van der Waals surface area contributed by atoms with Crippen LogP contribution in [0.5, 0.6) is 0 Å². The lowest BCUT2D eigenvalue weighted by atomic mass is 9.45. The van der Waals surface area contributed by atoms with Gasteiger partial charge >= 0.3 is 0 Å². The molecule has 10 unspecified atom stereocenters. The van der Waals surface area contributed by atoms with E-state index in [2.05, 4.69) is 20.8 Å². The zero-order valence-corrected chi connectivity index (χ0v) is 46.9. The van der Waals surface area contributed by atoms with Crippen LogP contribution in [0.4, 0.5) is 0 Å². The van der Waals surface area contributed by atoms with Crippen molar-refractivity contribution >= 4 is 11.6 Å². The maximum absolute atomic E-state index is 13.6. The zero-order chi connectivity index (χ0) is 54.3. The number of aliphatic hydroxyl groups excluding tert-OH is 3. The number of hydrogen-bond donors (Lipinski definition) is 8. The number of fused-ring (bicyclic) bond motifs is 11. The zero-order valence-electron chi connectivity index (χ0n) is 46.9. The highest BCUT2D eigenvalue weighted by atomic mass is 16.8. The van der Waals surface area contributed by atoms with Crippen molar-refractivity contribution in [2.45, 2.75) is 262 Å². The van der Waals surface area contributed by atoms with Crippen LogP contribution >= 0.6 is 0 Å². The first-order chi connectivity index (χ1) is 33.4. The molecule has 0 bridgehead atoms. The summed E-state index contributed by atoms with van der Waals surface area (Å²) in [5.41, 5.74) is -6.29. The second kappa shape index (κ2) is 18.7. The molecule has 0 aromatic rings. The molecule has 20 atom stereocenters. The van der Waals surface area contributed by atoms with Gasteiger partial charge in [-0.2, -0.15) is 0 Å². The van der Waals surface area contributed by atoms with Gasteiger partial charge in [0, 0.05) is 36.9 Å². The first-order valence-electron chi connectivity index (χ1n) is 28.0. The Morgan fingerprint density at radius 1 is 0.630 bits per heavy atom. The molecule has 0 spiro atoms. The van der Waals surface area contributed by atoms with E-state index < -0.39 is 80.1 Å². The third-order valence-corrected chi connectivity index (χ3v) is 22.4. The van der Waals surface area contributed by atoms with Crippen LogP contribution in [0.25, 0.3) is 0 Å². The molecule has 1 aliphatic heterocycles. The van der Waals surface area contributed by atoms with Crippen molar-refractivity contribution in [1.82, 2.24) is 0 Å². The van der Waals surface area contributed by atoms with Crippen LogP contribution in [0, 0.1) is 57.2 Å². The third kappa shape index (κ3) is 9.16. The van der Waals surface area contributed by atoms with E-state index in [1.807, 2.05) is 27.7 Å². The average Bonchev–Trinajstić information content (AvgIpc) is 3.87. The van der Waals surface area contributed by atoms with E-state index in [4.69, 9.17) is 18.9 Å². The average molecular weight is 1030 g/mol. The molecule has 416 valence electrons. The first kappa shape index (κ1) is 57.5. The number of rotatable bonds is 12. The standard InChI is InChI=1S/C30H48O7.C29H48O7/c1-25(2,33)11-10-24(32)29(7,34)23-9-13-30(35)18-14-20(31)19-15-21-22(37-26(3,4)36-21)16-27(19,5)17(18)8-12-28(23,30)6;1-25(2,33)11-10-24(35-6)28(5,34)23-9-13-29(36-7)18-14-20(30)19-15-21(31)22(32)16-26(19,3)17(18)8-12-27(23,29)4/h14,17,19,21-24,32-35H,8-13,15-16H2,1-7H3;14,17,19,21-24,31-34H,8-13,15-16H2,1-7H3/t17?,19?,21-,22+,23?,24-,27?,28?,29-,30-;17?,19?,21-,22+,23?,24-,26?,27?,28-,29-/m11/s1. The van der Waals surface area contributed by atoms with Gasteiger partial charge < -0.3 is 59.8 Å². The molecule has 14 nitrogen and oxygen atoms in total. The van der Waals surface area contributed by atoms with Gasteiger partial charge in [-0.3, -0.25) is 9.59 Å². The molecule has 8 aliphatic carbocycles. The fourth-order valence-electron chi connectivity index (χ4n) is 18.4. The van der Waals surface area contributed by atoms with E-state index in [1.54, 1.807) is 61.0 Å². The normalized spacial score (nSPS) is 46.3. The maximum atomic E-state index is 13.6. The molecule has 0 aromatic carbocycles. The van der Waals surface area contributed by atoms with Gasteiger partial charge in [0.1, 0.15) is 0 Å². The smallest absolute Gasteiger partial charge is 0.163 e. The Morgan fingerprint density at radius 3 is 1.73 bits per heavy atom. The molecule has 0 radical (unpaired) electrons. The Balaban J connectivity index is 0.000000195. The highest BCUT2D eigenvalue weighted by molar-refractivity contribution is 5.95. The molecule has 9 rings (SSSR count). The van der Waals surface area contributed by atoms with Gasteiger partial charge in [-0.25, -0.2) is 0 Å². The molecular weight excluding hydrogens is 933 g/mol. The monoisotopic (exact) mass is 1030 g/mol. The summed E-state index contributed by atoms with van der Waals surface area (Å²) in [4.78, 5) is 27.1. The maximum Gasteiger partial charge on any atom is 0.163 e. The van der Waals surface area contributed by atoms with Gasteiger partial charge in [0.15, 0.2) is 17.4 Å². The van der Waals surface area contributed by atoms with Crippen LogP contribution in [0.1, 0.15) is 186 Å². The number of methoxy groups -OCH3 is 2. The predicted octanol–water partition coefficient (Wildman–Crippen LogP) is 6.81. The highest BCUT2D eigenvalue weighted by Gasteiger charge is 2.72. The van der Waals surface area contributed by atoms with E-state index >= 15 is 0 Å². The fraction of sp³-hybridized carbons (Fsp3) is 0.898. The quantitative estimate of drug-likeness (QED) is 0.100. The Bertz CT molecular complexity index is 2170. The van der Waals surface area contributed by atoms with Crippen molar-refractivity contribution in [2.24, 2.45) is 57.2 Å². The van der Waals surface area contributed by atoms with Crippen LogP contribution in [0.3, 0.4) is 0 Å². The lowest BCUT2D eigenvalue weighted by Crippen LogP contribution is -2.63. The third-order valence-electron chi connectivity index (χ3n) is 22.4. The number of carbonyl (C=O) groups is 2. The lowest BCUT2D eigenvalue weighted by Gasteiger charge is -2.61. The fourth-order valence-corrected chi connectivity index (χ4v) is 18.4. The number of carbonyl (C=O) groups excluding carboxylic acids is 2. The van der Waals surface area contributed by atoms with Crippen LogP contribution in [-0.2, 0) is 28.5 Å². The van der Waals surface area contributed by atoms with Gasteiger partial charge in [0.2, 0.25) is 0 Å². The molecule has 14 heteroatoms. The molecule has 8 N–H and O–H groups in total. The Hall–Kier alpha value is -1.66. The summed E-state index contributed by atoms with van der Waals surface area (Å²) in [7, 11) is 3.34. The summed E-state index contributed by atoms with van der Waals surface area (Å²) in [6.07, 6.45) is 9.58. The van der Waals surface area contributed by atoms with Gasteiger partial charge in [0.05, 0.1) is 70.2 Å². The van der Waals surface area contributed by atoms with Crippen molar-refractivity contribution in [3.05, 3.63) is 23.3 Å². The molecule has 0 amide bonds. The molecule has 0 aromatic heterocycles. The van der Waals surface area contributed by atoms with Gasteiger partial charge in [-0.15, -0.1) is 0 Å². The number of aliphatic hydroxyl groups is 8. The highest BCUT2D eigenvalue weighted by Crippen LogP contribution is 2.71. The number of ether oxygens (including phenoxy) is 4. The molecular formula is C59H96O14. The second-order valence-electron chi connectivity index (χ2n) is 28.3. The van der Waals surface area contributed by atoms with Crippen LogP contribution < -0.4 is 0 Å². The van der Waals surface area contributed by atoms with E-state index in [0.717, 1.165) is 43.3 Å². The Labute approximate surface area is 436 Å². The predicted molar refractivity (Wildman–Crippen MR) is 275 cm³/mol.